The van der Waals surface area contributed by atoms with Gasteiger partial charge in [0.05, 0.1) is 41.0 Å². The molecule has 4 heterocycles. The summed E-state index contributed by atoms with van der Waals surface area (Å²) < 4.78 is 5.70. The molecule has 37 heavy (non-hydrogen) atoms. The maximum absolute atomic E-state index is 12.6. The van der Waals surface area contributed by atoms with E-state index in [0.29, 0.717) is 48.0 Å². The van der Waals surface area contributed by atoms with Crippen molar-refractivity contribution in [3.05, 3.63) is 69.7 Å². The van der Waals surface area contributed by atoms with Crippen molar-refractivity contribution in [2.24, 2.45) is 15.9 Å². The van der Waals surface area contributed by atoms with Crippen LogP contribution < -0.4 is 26.4 Å². The van der Waals surface area contributed by atoms with Gasteiger partial charge >= 0.3 is 0 Å². The topological polar surface area (TPSA) is 139 Å². The minimum Gasteiger partial charge on any atom is -0.490 e. The standard InChI is InChI=1S/C25H28Cl2N6O4/c1-2-37-33-21-13-22(34)32-25(28)30-14-16-11-19(26)24(20(27)12-16)31-23(35)15-29-9-3-4-10-36-18-7-5-17(21)6-8-18/h3-8,11-12,29H,2,9-10,13-15H2,1H3,(H,31,35)(H3,28,30,32,34)/b4-3+,33-21?. The van der Waals surface area contributed by atoms with Gasteiger partial charge in [0.25, 0.3) is 0 Å². The lowest BCUT2D eigenvalue weighted by Gasteiger charge is -2.12. The molecule has 12 heteroatoms. The number of guanidine groups is 1. The number of ether oxygens (including phenoxy) is 1. The molecule has 0 radical (unpaired) electrons. The number of carbonyl (C=O) groups excluding carboxylic acids is 2. The number of rotatable bonds is 2. The van der Waals surface area contributed by atoms with Gasteiger partial charge in [-0.1, -0.05) is 40.5 Å². The van der Waals surface area contributed by atoms with Gasteiger partial charge in [0.15, 0.2) is 5.96 Å². The summed E-state index contributed by atoms with van der Waals surface area (Å²) in [5.41, 5.74) is 7.98. The average molecular weight is 547 g/mol. The largest absolute Gasteiger partial charge is 0.490 e. The maximum Gasteiger partial charge on any atom is 0.238 e. The van der Waals surface area contributed by atoms with Crippen LogP contribution in [0.5, 0.6) is 5.75 Å². The van der Waals surface area contributed by atoms with Gasteiger partial charge in [-0.2, -0.15) is 0 Å². The number of benzene rings is 2. The number of carbonyl (C=O) groups is 2. The first kappa shape index (κ1) is 28.0. The Balaban J connectivity index is 1.82. The van der Waals surface area contributed by atoms with Crippen molar-refractivity contribution < 1.29 is 19.2 Å². The van der Waals surface area contributed by atoms with Crippen LogP contribution in [-0.4, -0.2) is 49.8 Å². The van der Waals surface area contributed by atoms with Crippen molar-refractivity contribution in [2.45, 2.75) is 19.9 Å². The average Bonchev–Trinajstić information content (AvgIpc) is 2.86. The molecule has 2 aromatic rings. The molecule has 10 nitrogen and oxygen atoms in total. The number of halogens is 2. The van der Waals surface area contributed by atoms with E-state index in [4.69, 9.17) is 38.5 Å². The quantitative estimate of drug-likeness (QED) is 0.336. The van der Waals surface area contributed by atoms with Crippen LogP contribution in [0.3, 0.4) is 0 Å². The summed E-state index contributed by atoms with van der Waals surface area (Å²) in [7, 11) is 0. The number of anilines is 1. The molecule has 4 aliphatic heterocycles. The number of oxime groups is 1. The first-order chi connectivity index (χ1) is 17.9. The van der Waals surface area contributed by atoms with Crippen LogP contribution in [0.15, 0.2) is 58.7 Å². The molecule has 0 aromatic heterocycles. The summed E-state index contributed by atoms with van der Waals surface area (Å²) in [6.45, 7) is 3.13. The van der Waals surface area contributed by atoms with Crippen molar-refractivity contribution in [3.63, 3.8) is 0 Å². The highest BCUT2D eigenvalue weighted by Gasteiger charge is 2.14. The minimum atomic E-state index is -0.414. The highest BCUT2D eigenvalue weighted by atomic mass is 35.5. The first-order valence-electron chi connectivity index (χ1n) is 11.5. The Bertz CT molecular complexity index is 1180. The van der Waals surface area contributed by atoms with Crippen LogP contribution >= 0.6 is 23.2 Å². The van der Waals surface area contributed by atoms with E-state index in [0.717, 1.165) is 0 Å². The van der Waals surface area contributed by atoms with Gasteiger partial charge in [0, 0.05) is 12.1 Å². The fraction of sp³-hybridized carbons (Fsp3) is 0.280. The van der Waals surface area contributed by atoms with Crippen LogP contribution in [0.4, 0.5) is 5.69 Å². The zero-order valence-corrected chi connectivity index (χ0v) is 21.7. The van der Waals surface area contributed by atoms with Crippen molar-refractivity contribution in [2.75, 3.05) is 31.6 Å². The molecular formula is C25H28Cl2N6O4. The second-order valence-corrected chi connectivity index (χ2v) is 8.62. The van der Waals surface area contributed by atoms with E-state index in [2.05, 4.69) is 26.1 Å². The number of nitrogens with zero attached hydrogens (tertiary/aromatic N) is 2. The first-order valence-corrected chi connectivity index (χ1v) is 12.3. The lowest BCUT2D eigenvalue weighted by atomic mass is 10.1. The molecule has 0 atom stereocenters. The molecule has 0 saturated heterocycles. The van der Waals surface area contributed by atoms with Gasteiger partial charge in [0.2, 0.25) is 11.8 Å². The summed E-state index contributed by atoms with van der Waals surface area (Å²) in [6.07, 6.45) is 3.60. The molecule has 0 saturated carbocycles. The molecule has 6 rings (SSSR count). The van der Waals surface area contributed by atoms with Crippen LogP contribution in [0, 0.1) is 0 Å². The molecule has 5 N–H and O–H groups in total. The zero-order valence-electron chi connectivity index (χ0n) is 20.2. The van der Waals surface area contributed by atoms with E-state index in [1.54, 1.807) is 43.3 Å². The van der Waals surface area contributed by atoms with Crippen molar-refractivity contribution in [3.8, 4) is 5.75 Å². The highest BCUT2D eigenvalue weighted by Crippen LogP contribution is 2.32. The van der Waals surface area contributed by atoms with E-state index >= 15 is 0 Å². The smallest absolute Gasteiger partial charge is 0.238 e. The van der Waals surface area contributed by atoms with E-state index < -0.39 is 5.91 Å². The number of nitrogens with two attached hydrogens (primary N) is 1. The summed E-state index contributed by atoms with van der Waals surface area (Å²) >= 11 is 12.7. The summed E-state index contributed by atoms with van der Waals surface area (Å²) in [4.78, 5) is 34.3. The summed E-state index contributed by atoms with van der Waals surface area (Å²) in [5.74, 6) is -0.149. The zero-order chi connectivity index (χ0) is 26.6. The Morgan fingerprint density at radius 1 is 1.08 bits per heavy atom. The van der Waals surface area contributed by atoms with E-state index in [1.807, 2.05) is 12.2 Å². The molecule has 0 fully saturated rings. The molecule has 0 aliphatic carbocycles. The molecule has 4 bridgehead atoms. The SMILES string of the molecule is CCON=C1CC(=O)NC(N)=NCc2cc(Cl)c(c(Cl)c2)NC(=O)CNC/C=C/COc2ccc1cc2. The highest BCUT2D eigenvalue weighted by molar-refractivity contribution is 6.39. The summed E-state index contributed by atoms with van der Waals surface area (Å²) in [6, 6.07) is 10.4. The Morgan fingerprint density at radius 3 is 2.51 bits per heavy atom. The molecule has 0 unspecified atom stereocenters. The predicted molar refractivity (Wildman–Crippen MR) is 145 cm³/mol. The normalized spacial score (nSPS) is 17.8. The molecular weight excluding hydrogens is 519 g/mol. The summed E-state index contributed by atoms with van der Waals surface area (Å²) in [5, 5.41) is 12.8. The predicted octanol–water partition coefficient (Wildman–Crippen LogP) is 3.23. The van der Waals surface area contributed by atoms with Gasteiger partial charge in [0.1, 0.15) is 19.0 Å². The van der Waals surface area contributed by atoms with Crippen LogP contribution in [0.2, 0.25) is 10.0 Å². The third kappa shape index (κ3) is 9.09. The van der Waals surface area contributed by atoms with Gasteiger partial charge < -0.3 is 25.9 Å². The van der Waals surface area contributed by atoms with E-state index in [-0.39, 0.29) is 41.4 Å². The number of hydrogen-bond acceptors (Lipinski definition) is 8. The van der Waals surface area contributed by atoms with E-state index in [9.17, 15) is 9.59 Å². The third-order valence-electron chi connectivity index (χ3n) is 4.95. The van der Waals surface area contributed by atoms with Crippen molar-refractivity contribution in [1.82, 2.24) is 10.6 Å². The van der Waals surface area contributed by atoms with Gasteiger partial charge in [-0.15, -0.1) is 0 Å². The molecule has 2 amide bonds. The molecule has 196 valence electrons. The van der Waals surface area contributed by atoms with Crippen molar-refractivity contribution in [1.29, 1.82) is 0 Å². The Morgan fingerprint density at radius 2 is 1.81 bits per heavy atom. The van der Waals surface area contributed by atoms with Gasteiger partial charge in [-0.3, -0.25) is 14.9 Å². The minimum absolute atomic E-state index is 0.0627. The number of amides is 2. The van der Waals surface area contributed by atoms with Crippen LogP contribution in [0.25, 0.3) is 0 Å². The number of aliphatic imine (C=N–C) groups is 1. The fourth-order valence-electron chi connectivity index (χ4n) is 3.21. The van der Waals surface area contributed by atoms with Crippen LogP contribution in [0.1, 0.15) is 24.5 Å². The molecule has 0 spiro atoms. The lowest BCUT2D eigenvalue weighted by molar-refractivity contribution is -0.118. The van der Waals surface area contributed by atoms with Crippen molar-refractivity contribution >= 4 is 52.4 Å². The van der Waals surface area contributed by atoms with Crippen LogP contribution in [-0.2, 0) is 21.0 Å². The number of hydrogen-bond donors (Lipinski definition) is 4. The number of nitrogens with one attached hydrogen (secondary N) is 3. The lowest BCUT2D eigenvalue weighted by Crippen LogP contribution is -2.37. The maximum atomic E-state index is 12.6. The molecule has 2 aromatic carbocycles. The van der Waals surface area contributed by atoms with Gasteiger partial charge in [-0.05, 0) is 48.9 Å². The third-order valence-corrected chi connectivity index (χ3v) is 5.54. The van der Waals surface area contributed by atoms with Gasteiger partial charge in [-0.25, -0.2) is 4.99 Å². The Hall–Kier alpha value is -3.60. The van der Waals surface area contributed by atoms with E-state index in [1.165, 1.54) is 0 Å². The second-order valence-electron chi connectivity index (χ2n) is 7.80. The Kier molecular flexibility index (Phi) is 10.8. The monoisotopic (exact) mass is 546 g/mol. The second kappa shape index (κ2) is 14.2. The fourth-order valence-corrected chi connectivity index (χ4v) is 3.84. The Labute approximate surface area is 224 Å². The molecule has 4 aliphatic rings.